The van der Waals surface area contributed by atoms with E-state index in [0.29, 0.717) is 12.2 Å². The molecule has 0 spiro atoms. The van der Waals surface area contributed by atoms with Crippen molar-refractivity contribution in [2.75, 3.05) is 11.9 Å². The summed E-state index contributed by atoms with van der Waals surface area (Å²) in [5.74, 6) is -0.962. The molecule has 1 aromatic heterocycles. The highest BCUT2D eigenvalue weighted by molar-refractivity contribution is 6.16. The van der Waals surface area contributed by atoms with Gasteiger partial charge in [-0.05, 0) is 56.2 Å². The van der Waals surface area contributed by atoms with Crippen LogP contribution < -0.4 is 10.6 Å². The molecule has 2 N–H and O–H groups in total. The van der Waals surface area contributed by atoms with Crippen LogP contribution in [0.1, 0.15) is 28.1 Å². The van der Waals surface area contributed by atoms with E-state index in [-0.39, 0.29) is 12.2 Å². The zero-order chi connectivity index (χ0) is 23.5. The first-order valence-electron chi connectivity index (χ1n) is 10.7. The molecule has 0 radical (unpaired) electrons. The molecule has 3 aromatic rings. The highest BCUT2D eigenvalue weighted by Crippen LogP contribution is 2.21. The van der Waals surface area contributed by atoms with E-state index in [0.717, 1.165) is 27.4 Å². The Morgan fingerprint density at radius 1 is 1.00 bits per heavy atom. The monoisotopic (exact) mass is 442 g/mol. The van der Waals surface area contributed by atoms with E-state index in [1.165, 1.54) is 5.56 Å². The summed E-state index contributed by atoms with van der Waals surface area (Å²) in [5.41, 5.74) is 5.89. The average molecular weight is 443 g/mol. The summed E-state index contributed by atoms with van der Waals surface area (Å²) in [6.07, 6.45) is 1.67. The van der Waals surface area contributed by atoms with Crippen LogP contribution in [0.2, 0.25) is 0 Å². The predicted octanol–water partition coefficient (Wildman–Crippen LogP) is 3.99. The molecular formula is C26H26N4O3. The molecule has 1 aliphatic heterocycles. The third-order valence-electron chi connectivity index (χ3n) is 5.70. The molecule has 1 aliphatic rings. The summed E-state index contributed by atoms with van der Waals surface area (Å²) in [4.78, 5) is 38.5. The minimum absolute atomic E-state index is 0.156. The highest BCUT2D eigenvalue weighted by Gasteiger charge is 2.35. The fraction of sp³-hybridized carbons (Fsp3) is 0.192. The third-order valence-corrected chi connectivity index (χ3v) is 5.70. The van der Waals surface area contributed by atoms with Crippen molar-refractivity contribution >= 4 is 29.6 Å². The van der Waals surface area contributed by atoms with Crippen LogP contribution in [0.25, 0.3) is 6.08 Å². The second-order valence-corrected chi connectivity index (χ2v) is 8.19. The Bertz CT molecular complexity index is 1240. The number of anilines is 1. The van der Waals surface area contributed by atoms with E-state index in [2.05, 4.69) is 27.3 Å². The Hall–Kier alpha value is -4.13. The number of amides is 4. The van der Waals surface area contributed by atoms with Crippen molar-refractivity contribution < 1.29 is 14.4 Å². The van der Waals surface area contributed by atoms with Crippen molar-refractivity contribution in [1.82, 2.24) is 14.8 Å². The van der Waals surface area contributed by atoms with Gasteiger partial charge in [-0.15, -0.1) is 0 Å². The molecule has 0 bridgehead atoms. The Morgan fingerprint density at radius 2 is 1.70 bits per heavy atom. The van der Waals surface area contributed by atoms with E-state index < -0.39 is 17.8 Å². The van der Waals surface area contributed by atoms with Gasteiger partial charge in [0, 0.05) is 23.6 Å². The molecule has 0 unspecified atom stereocenters. The van der Waals surface area contributed by atoms with E-state index >= 15 is 0 Å². The van der Waals surface area contributed by atoms with Crippen LogP contribution in [0.3, 0.4) is 0 Å². The minimum Gasteiger partial charge on any atom is -0.344 e. The lowest BCUT2D eigenvalue weighted by atomic mass is 10.2. The number of nitrogens with zero attached hydrogens (tertiary/aromatic N) is 2. The molecule has 7 heteroatoms. The van der Waals surface area contributed by atoms with E-state index in [9.17, 15) is 14.4 Å². The largest absolute Gasteiger partial charge is 0.344 e. The van der Waals surface area contributed by atoms with Crippen molar-refractivity contribution in [3.63, 3.8) is 0 Å². The SMILES string of the molecule is Cc1ccc(NC(=O)CN2C(=O)N/C(=C/c3cc(C)n(Cc4ccccc4)c3C)C2=O)cc1. The van der Waals surface area contributed by atoms with Crippen molar-refractivity contribution in [2.24, 2.45) is 0 Å². The Labute approximate surface area is 192 Å². The van der Waals surface area contributed by atoms with Crippen LogP contribution >= 0.6 is 0 Å². The number of aromatic nitrogens is 1. The Balaban J connectivity index is 1.48. The number of benzene rings is 2. The van der Waals surface area contributed by atoms with Gasteiger partial charge in [0.05, 0.1) is 0 Å². The first-order chi connectivity index (χ1) is 15.8. The van der Waals surface area contributed by atoms with Gasteiger partial charge in [-0.3, -0.25) is 9.59 Å². The van der Waals surface area contributed by atoms with Crippen LogP contribution in [0.5, 0.6) is 0 Å². The molecule has 2 heterocycles. The van der Waals surface area contributed by atoms with Gasteiger partial charge < -0.3 is 15.2 Å². The van der Waals surface area contributed by atoms with Crippen LogP contribution in [-0.4, -0.2) is 33.9 Å². The zero-order valence-corrected chi connectivity index (χ0v) is 18.9. The lowest BCUT2D eigenvalue weighted by Crippen LogP contribution is -2.38. The number of nitrogens with one attached hydrogen (secondary N) is 2. The first kappa shape index (κ1) is 22.1. The van der Waals surface area contributed by atoms with Gasteiger partial charge in [-0.1, -0.05) is 48.0 Å². The standard InChI is InChI=1S/C26H26N4O3/c1-17-9-11-22(12-10-17)27-24(31)16-30-25(32)23(28-26(30)33)14-21-13-18(2)29(19(21)3)15-20-7-5-4-6-8-20/h4-14H,15-16H2,1-3H3,(H,27,31)(H,28,33)/b23-14+. The normalized spacial score (nSPS) is 14.6. The van der Waals surface area contributed by atoms with Crippen molar-refractivity contribution in [3.8, 4) is 0 Å². The minimum atomic E-state index is -0.608. The van der Waals surface area contributed by atoms with Gasteiger partial charge in [-0.25, -0.2) is 9.69 Å². The maximum absolute atomic E-state index is 12.8. The third kappa shape index (κ3) is 4.87. The maximum atomic E-state index is 12.8. The van der Waals surface area contributed by atoms with Crippen molar-refractivity contribution in [1.29, 1.82) is 0 Å². The van der Waals surface area contributed by atoms with Gasteiger partial charge in [0.25, 0.3) is 5.91 Å². The lowest BCUT2D eigenvalue weighted by molar-refractivity contribution is -0.127. The van der Waals surface area contributed by atoms with Gasteiger partial charge in [0.2, 0.25) is 5.91 Å². The molecule has 0 aliphatic carbocycles. The summed E-state index contributed by atoms with van der Waals surface area (Å²) in [6.45, 7) is 6.30. The molecule has 4 amide bonds. The Kier molecular flexibility index (Phi) is 6.13. The second kappa shape index (κ2) is 9.16. The van der Waals surface area contributed by atoms with Crippen LogP contribution in [0, 0.1) is 20.8 Å². The first-order valence-corrected chi connectivity index (χ1v) is 10.7. The molecule has 168 valence electrons. The molecule has 0 saturated carbocycles. The summed E-state index contributed by atoms with van der Waals surface area (Å²) in [6, 6.07) is 18.8. The van der Waals surface area contributed by atoms with E-state index in [4.69, 9.17) is 0 Å². The van der Waals surface area contributed by atoms with Crippen LogP contribution in [0.15, 0.2) is 66.4 Å². The summed E-state index contributed by atoms with van der Waals surface area (Å²) >= 11 is 0. The molecule has 4 rings (SSSR count). The molecule has 33 heavy (non-hydrogen) atoms. The maximum Gasteiger partial charge on any atom is 0.329 e. The van der Waals surface area contributed by atoms with Gasteiger partial charge >= 0.3 is 6.03 Å². The van der Waals surface area contributed by atoms with Gasteiger partial charge in [-0.2, -0.15) is 0 Å². The van der Waals surface area contributed by atoms with Crippen LogP contribution in [0.4, 0.5) is 10.5 Å². The fourth-order valence-corrected chi connectivity index (χ4v) is 3.83. The number of hydrogen-bond donors (Lipinski definition) is 2. The molecular weight excluding hydrogens is 416 g/mol. The number of urea groups is 1. The zero-order valence-electron chi connectivity index (χ0n) is 18.9. The number of hydrogen-bond acceptors (Lipinski definition) is 3. The number of aryl methyl sites for hydroxylation is 2. The number of imide groups is 1. The van der Waals surface area contributed by atoms with Crippen molar-refractivity contribution in [2.45, 2.75) is 27.3 Å². The number of carbonyl (C=O) groups excluding carboxylic acids is 3. The summed E-state index contributed by atoms with van der Waals surface area (Å²) in [5, 5.41) is 5.30. The van der Waals surface area contributed by atoms with Gasteiger partial charge in [0.15, 0.2) is 0 Å². The Morgan fingerprint density at radius 3 is 2.39 bits per heavy atom. The molecule has 1 saturated heterocycles. The highest BCUT2D eigenvalue weighted by atomic mass is 16.2. The van der Waals surface area contributed by atoms with Crippen LogP contribution in [-0.2, 0) is 16.1 Å². The quantitative estimate of drug-likeness (QED) is 0.447. The summed E-state index contributed by atoms with van der Waals surface area (Å²) in [7, 11) is 0. The fourth-order valence-electron chi connectivity index (χ4n) is 3.83. The van der Waals surface area contributed by atoms with E-state index in [1.807, 2.05) is 57.2 Å². The molecule has 7 nitrogen and oxygen atoms in total. The van der Waals surface area contributed by atoms with Gasteiger partial charge in [0.1, 0.15) is 12.2 Å². The molecule has 1 fully saturated rings. The molecule has 2 aromatic carbocycles. The smallest absolute Gasteiger partial charge is 0.329 e. The summed E-state index contributed by atoms with van der Waals surface area (Å²) < 4.78 is 2.16. The molecule has 0 atom stereocenters. The average Bonchev–Trinajstić information content (AvgIpc) is 3.20. The number of carbonyl (C=O) groups is 3. The van der Waals surface area contributed by atoms with E-state index in [1.54, 1.807) is 18.2 Å². The lowest BCUT2D eigenvalue weighted by Gasteiger charge is -2.12. The topological polar surface area (TPSA) is 83.4 Å². The van der Waals surface area contributed by atoms with Crippen molar-refractivity contribution in [3.05, 3.63) is 94.4 Å². The second-order valence-electron chi connectivity index (χ2n) is 8.19. The number of rotatable bonds is 6. The predicted molar refractivity (Wildman–Crippen MR) is 127 cm³/mol.